The van der Waals surface area contributed by atoms with E-state index >= 15 is 0 Å². The molecule has 0 amide bonds. The zero-order valence-electron chi connectivity index (χ0n) is 9.05. The van der Waals surface area contributed by atoms with Gasteiger partial charge in [-0.05, 0) is 30.8 Å². The number of hydrogen-bond acceptors (Lipinski definition) is 4. The Labute approximate surface area is 99.3 Å². The largest absolute Gasteiger partial charge is 0.316 e. The summed E-state index contributed by atoms with van der Waals surface area (Å²) in [7, 11) is 1.94. The van der Waals surface area contributed by atoms with Crippen molar-refractivity contribution in [1.29, 1.82) is 0 Å². The number of pyridine rings is 2. The first-order valence-electron chi connectivity index (χ1n) is 5.06. The molecule has 0 aromatic carbocycles. The second-order valence-electron chi connectivity index (χ2n) is 3.28. The summed E-state index contributed by atoms with van der Waals surface area (Å²) in [4.78, 5) is 9.55. The molecular weight excluding hydrogens is 218 g/mol. The van der Waals surface area contributed by atoms with E-state index in [0.717, 1.165) is 16.5 Å². The van der Waals surface area contributed by atoms with Crippen LogP contribution in [0.5, 0.6) is 0 Å². The summed E-state index contributed by atoms with van der Waals surface area (Å²) in [6.07, 6.45) is 5.41. The molecule has 16 heavy (non-hydrogen) atoms. The van der Waals surface area contributed by atoms with Crippen LogP contribution >= 0.6 is 11.8 Å². The van der Waals surface area contributed by atoms with Crippen LogP contribution in [0, 0.1) is 0 Å². The topological polar surface area (TPSA) is 37.8 Å². The molecule has 3 nitrogen and oxygen atoms in total. The predicted molar refractivity (Wildman–Crippen MR) is 65.4 cm³/mol. The molecule has 0 bridgehead atoms. The summed E-state index contributed by atoms with van der Waals surface area (Å²) in [5, 5.41) is 4.19. The third-order valence-electron chi connectivity index (χ3n) is 2.08. The third kappa shape index (κ3) is 2.81. The van der Waals surface area contributed by atoms with Gasteiger partial charge in [-0.2, -0.15) is 0 Å². The number of rotatable bonds is 4. The predicted octanol–water partition coefficient (Wildman–Crippen LogP) is 2.35. The molecule has 0 atom stereocenters. The standard InChI is InChI=1S/C12H13N3S/c1-13-9-10-3-2-6-15-12(10)16-11-4-7-14-8-5-11/h2-8,13H,9H2,1H3. The Morgan fingerprint density at radius 1 is 1.19 bits per heavy atom. The molecule has 0 saturated carbocycles. The molecule has 0 aliphatic carbocycles. The quantitative estimate of drug-likeness (QED) is 0.876. The summed E-state index contributed by atoms with van der Waals surface area (Å²) in [5.41, 5.74) is 1.21. The Hall–Kier alpha value is -1.39. The first-order valence-corrected chi connectivity index (χ1v) is 5.88. The van der Waals surface area contributed by atoms with Crippen molar-refractivity contribution >= 4 is 11.8 Å². The average Bonchev–Trinajstić information content (AvgIpc) is 2.33. The van der Waals surface area contributed by atoms with Crippen LogP contribution in [-0.2, 0) is 6.54 Å². The monoisotopic (exact) mass is 231 g/mol. The van der Waals surface area contributed by atoms with Gasteiger partial charge in [0.05, 0.1) is 0 Å². The van der Waals surface area contributed by atoms with Crippen LogP contribution in [0.25, 0.3) is 0 Å². The van der Waals surface area contributed by atoms with Gasteiger partial charge in [0.2, 0.25) is 0 Å². The SMILES string of the molecule is CNCc1cccnc1Sc1ccncc1. The molecule has 0 saturated heterocycles. The van der Waals surface area contributed by atoms with E-state index in [-0.39, 0.29) is 0 Å². The lowest BCUT2D eigenvalue weighted by atomic mass is 10.3. The molecule has 1 N–H and O–H groups in total. The third-order valence-corrected chi connectivity index (χ3v) is 3.15. The van der Waals surface area contributed by atoms with Crippen molar-refractivity contribution in [2.75, 3.05) is 7.05 Å². The molecular formula is C12H13N3S. The van der Waals surface area contributed by atoms with E-state index < -0.39 is 0 Å². The van der Waals surface area contributed by atoms with Gasteiger partial charge >= 0.3 is 0 Å². The van der Waals surface area contributed by atoms with Gasteiger partial charge in [-0.25, -0.2) is 4.98 Å². The molecule has 0 unspecified atom stereocenters. The van der Waals surface area contributed by atoms with E-state index in [9.17, 15) is 0 Å². The Morgan fingerprint density at radius 2 is 2.00 bits per heavy atom. The highest BCUT2D eigenvalue weighted by molar-refractivity contribution is 7.99. The van der Waals surface area contributed by atoms with Crippen LogP contribution in [0.2, 0.25) is 0 Å². The van der Waals surface area contributed by atoms with Crippen molar-refractivity contribution in [3.05, 3.63) is 48.4 Å². The molecule has 2 heterocycles. The van der Waals surface area contributed by atoms with E-state index in [1.54, 1.807) is 24.2 Å². The molecule has 2 aromatic rings. The van der Waals surface area contributed by atoms with Crippen LogP contribution < -0.4 is 5.32 Å². The second kappa shape index (κ2) is 5.63. The minimum atomic E-state index is 0.835. The van der Waals surface area contributed by atoms with Crippen LogP contribution in [0.15, 0.2) is 52.8 Å². The van der Waals surface area contributed by atoms with Crippen molar-refractivity contribution in [2.24, 2.45) is 0 Å². The van der Waals surface area contributed by atoms with Crippen LogP contribution in [0.4, 0.5) is 0 Å². The van der Waals surface area contributed by atoms with Crippen LogP contribution in [0.1, 0.15) is 5.56 Å². The van der Waals surface area contributed by atoms with Gasteiger partial charge in [0.15, 0.2) is 0 Å². The van der Waals surface area contributed by atoms with E-state index in [1.165, 1.54) is 5.56 Å². The number of nitrogens with zero attached hydrogens (tertiary/aromatic N) is 2. The lowest BCUT2D eigenvalue weighted by molar-refractivity contribution is 0.789. The van der Waals surface area contributed by atoms with Crippen molar-refractivity contribution in [2.45, 2.75) is 16.5 Å². The summed E-state index contributed by atoms with van der Waals surface area (Å²) >= 11 is 1.66. The smallest absolute Gasteiger partial charge is 0.105 e. The zero-order valence-corrected chi connectivity index (χ0v) is 9.87. The molecule has 0 fully saturated rings. The Balaban J connectivity index is 2.21. The fourth-order valence-corrected chi connectivity index (χ4v) is 2.22. The number of hydrogen-bond donors (Lipinski definition) is 1. The first-order chi connectivity index (χ1) is 7.90. The van der Waals surface area contributed by atoms with Gasteiger partial charge in [0.1, 0.15) is 5.03 Å². The van der Waals surface area contributed by atoms with Gasteiger partial charge in [-0.3, -0.25) is 4.98 Å². The van der Waals surface area contributed by atoms with E-state index in [1.807, 2.05) is 31.4 Å². The fraction of sp³-hybridized carbons (Fsp3) is 0.167. The lowest BCUT2D eigenvalue weighted by Gasteiger charge is -2.06. The van der Waals surface area contributed by atoms with E-state index in [0.29, 0.717) is 0 Å². The highest BCUT2D eigenvalue weighted by Crippen LogP contribution is 2.27. The van der Waals surface area contributed by atoms with Crippen LogP contribution in [-0.4, -0.2) is 17.0 Å². The van der Waals surface area contributed by atoms with Gasteiger partial charge in [0.25, 0.3) is 0 Å². The minimum absolute atomic E-state index is 0.835. The van der Waals surface area contributed by atoms with E-state index in [4.69, 9.17) is 0 Å². The second-order valence-corrected chi connectivity index (χ2v) is 4.35. The molecule has 0 radical (unpaired) electrons. The van der Waals surface area contributed by atoms with Crippen molar-refractivity contribution in [3.8, 4) is 0 Å². The molecule has 4 heteroatoms. The number of nitrogens with one attached hydrogen (secondary N) is 1. The van der Waals surface area contributed by atoms with Gasteiger partial charge in [0, 0.05) is 30.0 Å². The van der Waals surface area contributed by atoms with Gasteiger partial charge < -0.3 is 5.32 Å². The molecule has 82 valence electrons. The molecule has 2 rings (SSSR count). The highest BCUT2D eigenvalue weighted by Gasteiger charge is 2.04. The summed E-state index contributed by atoms with van der Waals surface area (Å²) in [5.74, 6) is 0. The molecule has 0 aliphatic rings. The van der Waals surface area contributed by atoms with Crippen molar-refractivity contribution < 1.29 is 0 Å². The molecule has 0 spiro atoms. The average molecular weight is 231 g/mol. The molecule has 0 aliphatic heterocycles. The minimum Gasteiger partial charge on any atom is -0.316 e. The van der Waals surface area contributed by atoms with Crippen molar-refractivity contribution in [1.82, 2.24) is 15.3 Å². The zero-order chi connectivity index (χ0) is 11.2. The Bertz CT molecular complexity index is 445. The Kier molecular flexibility index (Phi) is 3.91. The van der Waals surface area contributed by atoms with Crippen molar-refractivity contribution in [3.63, 3.8) is 0 Å². The highest BCUT2D eigenvalue weighted by atomic mass is 32.2. The number of aromatic nitrogens is 2. The van der Waals surface area contributed by atoms with Gasteiger partial charge in [-0.1, -0.05) is 17.8 Å². The maximum Gasteiger partial charge on any atom is 0.105 e. The summed E-state index contributed by atoms with van der Waals surface area (Å²) < 4.78 is 0. The van der Waals surface area contributed by atoms with E-state index in [2.05, 4.69) is 21.4 Å². The normalized spacial score (nSPS) is 10.3. The fourth-order valence-electron chi connectivity index (χ4n) is 1.36. The lowest BCUT2D eigenvalue weighted by Crippen LogP contribution is -2.06. The summed E-state index contributed by atoms with van der Waals surface area (Å²) in [6, 6.07) is 8.03. The molecule has 2 aromatic heterocycles. The summed E-state index contributed by atoms with van der Waals surface area (Å²) in [6.45, 7) is 0.835. The van der Waals surface area contributed by atoms with Crippen LogP contribution in [0.3, 0.4) is 0 Å². The van der Waals surface area contributed by atoms with Gasteiger partial charge in [-0.15, -0.1) is 0 Å². The Morgan fingerprint density at radius 3 is 2.75 bits per heavy atom. The maximum atomic E-state index is 4.40. The first kappa shape index (κ1) is 11.1. The maximum absolute atomic E-state index is 4.40.